The van der Waals surface area contributed by atoms with Crippen LogP contribution < -0.4 is 0 Å². The number of benzene rings is 1. The molecule has 15 heavy (non-hydrogen) atoms. The lowest BCUT2D eigenvalue weighted by molar-refractivity contribution is 0.586. The van der Waals surface area contributed by atoms with Gasteiger partial charge in [-0.2, -0.15) is 11.8 Å². The van der Waals surface area contributed by atoms with Gasteiger partial charge in [0.25, 0.3) is 0 Å². The number of hydrogen-bond donors (Lipinski definition) is 0. The number of alkyl halides is 1. The highest BCUT2D eigenvalue weighted by atomic mass is 35.5. The highest BCUT2D eigenvalue weighted by Crippen LogP contribution is 2.25. The molecule has 0 spiro atoms. The van der Waals surface area contributed by atoms with Gasteiger partial charge in [-0.25, -0.2) is 4.39 Å². The summed E-state index contributed by atoms with van der Waals surface area (Å²) in [5, 5.41) is 0. The third kappa shape index (κ3) is 4.04. The molecule has 0 N–H and O–H groups in total. The van der Waals surface area contributed by atoms with Crippen molar-refractivity contribution < 1.29 is 4.39 Å². The Balaban J connectivity index is 2.61. The van der Waals surface area contributed by atoms with E-state index in [1.165, 1.54) is 6.07 Å². The molecule has 0 amide bonds. The fourth-order valence-corrected chi connectivity index (χ4v) is 2.55. The molecule has 0 aliphatic carbocycles. The first-order chi connectivity index (χ1) is 7.29. The first kappa shape index (κ1) is 12.9. The van der Waals surface area contributed by atoms with E-state index in [-0.39, 0.29) is 11.7 Å². The molecule has 0 radical (unpaired) electrons. The molecular formula is C12H16ClFS. The van der Waals surface area contributed by atoms with Crippen molar-refractivity contribution in [1.82, 2.24) is 0 Å². The van der Waals surface area contributed by atoms with Gasteiger partial charge in [0.15, 0.2) is 0 Å². The van der Waals surface area contributed by atoms with Crippen LogP contribution in [0.3, 0.4) is 0 Å². The first-order valence-electron chi connectivity index (χ1n) is 5.17. The molecule has 84 valence electrons. The van der Waals surface area contributed by atoms with Crippen molar-refractivity contribution in [3.05, 3.63) is 35.6 Å². The van der Waals surface area contributed by atoms with Crippen LogP contribution in [0.15, 0.2) is 24.3 Å². The highest BCUT2D eigenvalue weighted by Gasteiger charge is 2.13. The molecule has 0 heterocycles. The standard InChI is InChI=1S/C12H16ClFS/c1-2-15-8-7-10(9-13)11-5-3-4-6-12(11)14/h3-6,10H,2,7-9H2,1H3. The lowest BCUT2D eigenvalue weighted by Gasteiger charge is -2.14. The van der Waals surface area contributed by atoms with Crippen molar-refractivity contribution in [2.45, 2.75) is 19.3 Å². The first-order valence-corrected chi connectivity index (χ1v) is 6.86. The van der Waals surface area contributed by atoms with Gasteiger partial charge in [-0.1, -0.05) is 25.1 Å². The molecule has 0 aromatic heterocycles. The van der Waals surface area contributed by atoms with Crippen LogP contribution in [0.4, 0.5) is 4.39 Å². The van der Waals surface area contributed by atoms with Crippen LogP contribution in [0.25, 0.3) is 0 Å². The SMILES string of the molecule is CCSCCC(CCl)c1ccccc1F. The van der Waals surface area contributed by atoms with Crippen LogP contribution in [0.1, 0.15) is 24.8 Å². The molecular weight excluding hydrogens is 231 g/mol. The van der Waals surface area contributed by atoms with Crippen molar-refractivity contribution in [2.75, 3.05) is 17.4 Å². The maximum atomic E-state index is 13.5. The van der Waals surface area contributed by atoms with Gasteiger partial charge < -0.3 is 0 Å². The van der Waals surface area contributed by atoms with Gasteiger partial charge in [-0.3, -0.25) is 0 Å². The second kappa shape index (κ2) is 7.13. The molecule has 1 aromatic carbocycles. The third-order valence-corrected chi connectivity index (χ3v) is 3.65. The van der Waals surface area contributed by atoms with Gasteiger partial charge in [0.05, 0.1) is 0 Å². The zero-order valence-electron chi connectivity index (χ0n) is 8.88. The Kier molecular flexibility index (Phi) is 6.11. The van der Waals surface area contributed by atoms with Crippen molar-refractivity contribution in [3.8, 4) is 0 Å². The zero-order chi connectivity index (χ0) is 11.1. The summed E-state index contributed by atoms with van der Waals surface area (Å²) in [6, 6.07) is 6.91. The highest BCUT2D eigenvalue weighted by molar-refractivity contribution is 7.99. The molecule has 1 atom stereocenters. The van der Waals surface area contributed by atoms with E-state index in [4.69, 9.17) is 11.6 Å². The summed E-state index contributed by atoms with van der Waals surface area (Å²) >= 11 is 7.75. The fraction of sp³-hybridized carbons (Fsp3) is 0.500. The smallest absolute Gasteiger partial charge is 0.126 e. The van der Waals surface area contributed by atoms with E-state index in [1.807, 2.05) is 23.9 Å². The molecule has 3 heteroatoms. The minimum Gasteiger partial charge on any atom is -0.207 e. The van der Waals surface area contributed by atoms with E-state index in [0.717, 1.165) is 23.5 Å². The molecule has 1 unspecified atom stereocenters. The molecule has 1 rings (SSSR count). The van der Waals surface area contributed by atoms with Crippen molar-refractivity contribution in [2.24, 2.45) is 0 Å². The van der Waals surface area contributed by atoms with Gasteiger partial charge in [-0.15, -0.1) is 11.6 Å². The Morgan fingerprint density at radius 2 is 2.13 bits per heavy atom. The Hall–Kier alpha value is -0.210. The van der Waals surface area contributed by atoms with Crippen molar-refractivity contribution in [1.29, 1.82) is 0 Å². The molecule has 0 saturated carbocycles. The third-order valence-electron chi connectivity index (χ3n) is 2.35. The van der Waals surface area contributed by atoms with Crippen LogP contribution in [-0.4, -0.2) is 17.4 Å². The predicted molar refractivity (Wildman–Crippen MR) is 67.5 cm³/mol. The van der Waals surface area contributed by atoms with E-state index in [9.17, 15) is 4.39 Å². The number of thioether (sulfide) groups is 1. The fourth-order valence-electron chi connectivity index (χ4n) is 1.49. The van der Waals surface area contributed by atoms with E-state index in [0.29, 0.717) is 5.88 Å². The second-order valence-corrected chi connectivity index (χ2v) is 5.06. The largest absolute Gasteiger partial charge is 0.207 e. The van der Waals surface area contributed by atoms with E-state index < -0.39 is 0 Å². The van der Waals surface area contributed by atoms with Gasteiger partial charge in [0.1, 0.15) is 5.82 Å². The second-order valence-electron chi connectivity index (χ2n) is 3.36. The average molecular weight is 247 g/mol. The van der Waals surface area contributed by atoms with Crippen molar-refractivity contribution in [3.63, 3.8) is 0 Å². The summed E-state index contributed by atoms with van der Waals surface area (Å²) in [6.45, 7) is 2.13. The molecule has 1 aromatic rings. The van der Waals surface area contributed by atoms with Crippen molar-refractivity contribution >= 4 is 23.4 Å². The summed E-state index contributed by atoms with van der Waals surface area (Å²) in [4.78, 5) is 0. The van der Waals surface area contributed by atoms with E-state index in [1.54, 1.807) is 6.07 Å². The van der Waals surface area contributed by atoms with Crippen LogP contribution in [0.2, 0.25) is 0 Å². The Labute approximate surface area is 100 Å². The number of halogens is 2. The molecule has 0 saturated heterocycles. The summed E-state index contributed by atoms with van der Waals surface area (Å²) < 4.78 is 13.5. The Morgan fingerprint density at radius 1 is 1.40 bits per heavy atom. The van der Waals surface area contributed by atoms with E-state index >= 15 is 0 Å². The quantitative estimate of drug-likeness (QED) is 0.533. The molecule has 0 aliphatic rings. The lowest BCUT2D eigenvalue weighted by Crippen LogP contribution is -2.04. The predicted octanol–water partition coefficient (Wildman–Crippen LogP) is 4.29. The molecule has 0 nitrogen and oxygen atoms in total. The van der Waals surface area contributed by atoms with Gasteiger partial charge in [0.2, 0.25) is 0 Å². The van der Waals surface area contributed by atoms with Crippen LogP contribution in [0.5, 0.6) is 0 Å². The number of hydrogen-bond acceptors (Lipinski definition) is 1. The van der Waals surface area contributed by atoms with Crippen LogP contribution in [-0.2, 0) is 0 Å². The van der Waals surface area contributed by atoms with Crippen LogP contribution in [0, 0.1) is 5.82 Å². The van der Waals surface area contributed by atoms with E-state index in [2.05, 4.69) is 6.92 Å². The summed E-state index contributed by atoms with van der Waals surface area (Å²) in [6.07, 6.45) is 0.947. The summed E-state index contributed by atoms with van der Waals surface area (Å²) in [5.41, 5.74) is 0.754. The van der Waals surface area contributed by atoms with Gasteiger partial charge in [0, 0.05) is 11.8 Å². The van der Waals surface area contributed by atoms with Crippen LogP contribution >= 0.6 is 23.4 Å². The maximum Gasteiger partial charge on any atom is 0.126 e. The lowest BCUT2D eigenvalue weighted by atomic mass is 9.98. The Morgan fingerprint density at radius 3 is 2.73 bits per heavy atom. The minimum absolute atomic E-state index is 0.135. The maximum absolute atomic E-state index is 13.5. The summed E-state index contributed by atoms with van der Waals surface area (Å²) in [5.74, 6) is 2.65. The van der Waals surface area contributed by atoms with Gasteiger partial charge in [-0.05, 0) is 29.6 Å². The normalized spacial score (nSPS) is 12.7. The molecule has 0 aliphatic heterocycles. The zero-order valence-corrected chi connectivity index (χ0v) is 10.5. The Bertz CT molecular complexity index is 291. The van der Waals surface area contributed by atoms with Gasteiger partial charge >= 0.3 is 0 Å². The topological polar surface area (TPSA) is 0 Å². The summed E-state index contributed by atoms with van der Waals surface area (Å²) in [7, 11) is 0. The minimum atomic E-state index is -0.135. The molecule has 0 fully saturated rings. The number of rotatable bonds is 6. The average Bonchev–Trinajstić information content (AvgIpc) is 2.26. The molecule has 0 bridgehead atoms. The monoisotopic (exact) mass is 246 g/mol.